The monoisotopic (exact) mass is 169 g/mol. The zero-order valence-corrected chi connectivity index (χ0v) is 6.31. The lowest BCUT2D eigenvalue weighted by molar-refractivity contribution is 0.358. The van der Waals surface area contributed by atoms with Crippen LogP contribution < -0.4 is 4.74 Å². The van der Waals surface area contributed by atoms with Gasteiger partial charge < -0.3 is 4.74 Å². The van der Waals surface area contributed by atoms with Crippen LogP contribution in [0.25, 0.3) is 0 Å². The third kappa shape index (κ3) is 2.05. The molecule has 0 aliphatic rings. The SMILES string of the molecule is C=CCOc1c[c]c(F)c(F)c1. The fourth-order valence-electron chi connectivity index (χ4n) is 0.672. The van der Waals surface area contributed by atoms with Crippen molar-refractivity contribution in [2.45, 2.75) is 0 Å². The molecule has 0 bridgehead atoms. The number of halogens is 2. The second-order valence-corrected chi connectivity index (χ2v) is 2.10. The Labute approximate surface area is 69.3 Å². The summed E-state index contributed by atoms with van der Waals surface area (Å²) in [5, 5.41) is 0. The van der Waals surface area contributed by atoms with Gasteiger partial charge in [0.25, 0.3) is 0 Å². The van der Waals surface area contributed by atoms with Gasteiger partial charge in [-0.15, -0.1) is 0 Å². The van der Waals surface area contributed by atoms with E-state index >= 15 is 0 Å². The lowest BCUT2D eigenvalue weighted by Crippen LogP contribution is -1.94. The van der Waals surface area contributed by atoms with E-state index in [0.29, 0.717) is 0 Å². The van der Waals surface area contributed by atoms with Crippen LogP contribution in [0.2, 0.25) is 0 Å². The van der Waals surface area contributed by atoms with Crippen LogP contribution in [0.1, 0.15) is 0 Å². The van der Waals surface area contributed by atoms with E-state index in [1.165, 1.54) is 12.1 Å². The zero-order valence-electron chi connectivity index (χ0n) is 6.31. The van der Waals surface area contributed by atoms with Crippen molar-refractivity contribution in [3.8, 4) is 5.75 Å². The Morgan fingerprint density at radius 3 is 2.92 bits per heavy atom. The lowest BCUT2D eigenvalue weighted by Gasteiger charge is -2.01. The van der Waals surface area contributed by atoms with Gasteiger partial charge in [0, 0.05) is 12.1 Å². The summed E-state index contributed by atoms with van der Waals surface area (Å²) in [6, 6.07) is 4.28. The minimum absolute atomic E-state index is 0.244. The fourth-order valence-corrected chi connectivity index (χ4v) is 0.672. The van der Waals surface area contributed by atoms with Gasteiger partial charge in [0.2, 0.25) is 0 Å². The van der Waals surface area contributed by atoms with Crippen LogP contribution in [0, 0.1) is 17.7 Å². The average molecular weight is 169 g/mol. The molecule has 0 aromatic heterocycles. The average Bonchev–Trinajstić information content (AvgIpc) is 2.07. The predicted molar refractivity (Wildman–Crippen MR) is 40.9 cm³/mol. The van der Waals surface area contributed by atoms with Gasteiger partial charge >= 0.3 is 0 Å². The molecule has 1 nitrogen and oxygen atoms in total. The summed E-state index contributed by atoms with van der Waals surface area (Å²) in [4.78, 5) is 0. The number of benzene rings is 1. The Morgan fingerprint density at radius 2 is 2.33 bits per heavy atom. The fraction of sp³-hybridized carbons (Fsp3) is 0.111. The minimum atomic E-state index is -0.999. The van der Waals surface area contributed by atoms with Gasteiger partial charge in [0.05, 0.1) is 0 Å². The molecule has 0 N–H and O–H groups in total. The highest BCUT2D eigenvalue weighted by Gasteiger charge is 2.02. The molecule has 0 amide bonds. The first-order chi connectivity index (χ1) is 5.74. The summed E-state index contributed by atoms with van der Waals surface area (Å²) >= 11 is 0. The third-order valence-corrected chi connectivity index (χ3v) is 1.19. The van der Waals surface area contributed by atoms with E-state index in [1.54, 1.807) is 0 Å². The molecule has 63 valence electrons. The van der Waals surface area contributed by atoms with Crippen LogP contribution in [0.5, 0.6) is 5.75 Å². The van der Waals surface area contributed by atoms with E-state index in [4.69, 9.17) is 4.74 Å². The van der Waals surface area contributed by atoms with Crippen molar-refractivity contribution in [3.63, 3.8) is 0 Å². The van der Waals surface area contributed by atoms with Crippen molar-refractivity contribution in [2.75, 3.05) is 6.61 Å². The van der Waals surface area contributed by atoms with Crippen LogP contribution in [0.3, 0.4) is 0 Å². The van der Waals surface area contributed by atoms with E-state index < -0.39 is 11.6 Å². The molecule has 0 aliphatic heterocycles. The summed E-state index contributed by atoms with van der Waals surface area (Å²) in [6.07, 6.45) is 1.52. The van der Waals surface area contributed by atoms with Gasteiger partial charge in [0.15, 0.2) is 11.6 Å². The first-order valence-electron chi connectivity index (χ1n) is 3.34. The standard InChI is InChI=1S/C9H7F2O/c1-2-5-12-7-3-4-8(10)9(11)6-7/h2-3,6H,1,5H2. The molecule has 12 heavy (non-hydrogen) atoms. The van der Waals surface area contributed by atoms with Crippen LogP contribution in [0.4, 0.5) is 8.78 Å². The highest BCUT2D eigenvalue weighted by atomic mass is 19.2. The summed E-state index contributed by atoms with van der Waals surface area (Å²) in [5.41, 5.74) is 0. The smallest absolute Gasteiger partial charge is 0.167 e. The van der Waals surface area contributed by atoms with Gasteiger partial charge in [-0.05, 0) is 6.07 Å². The molecule has 1 radical (unpaired) electrons. The summed E-state index contributed by atoms with van der Waals surface area (Å²) < 4.78 is 29.7. The molecule has 0 atom stereocenters. The predicted octanol–water partition coefficient (Wildman–Crippen LogP) is 2.33. The first-order valence-corrected chi connectivity index (χ1v) is 3.34. The maximum absolute atomic E-state index is 12.5. The third-order valence-electron chi connectivity index (χ3n) is 1.19. The van der Waals surface area contributed by atoms with Gasteiger partial charge in [-0.2, -0.15) is 0 Å². The zero-order chi connectivity index (χ0) is 8.97. The molecule has 0 spiro atoms. The Balaban J connectivity index is 2.75. The van der Waals surface area contributed by atoms with Crippen molar-refractivity contribution < 1.29 is 13.5 Å². The molecule has 0 saturated heterocycles. The van der Waals surface area contributed by atoms with Gasteiger partial charge in [-0.25, -0.2) is 8.78 Å². The van der Waals surface area contributed by atoms with Crippen LogP contribution in [-0.2, 0) is 0 Å². The number of hydrogen-bond acceptors (Lipinski definition) is 1. The van der Waals surface area contributed by atoms with Crippen molar-refractivity contribution in [1.29, 1.82) is 0 Å². The Hall–Kier alpha value is -1.38. The molecule has 0 fully saturated rings. The van der Waals surface area contributed by atoms with Crippen LogP contribution in [0.15, 0.2) is 24.8 Å². The minimum Gasteiger partial charge on any atom is -0.489 e. The molecule has 0 heterocycles. The number of ether oxygens (including phenoxy) is 1. The van der Waals surface area contributed by atoms with Gasteiger partial charge in [-0.1, -0.05) is 12.7 Å². The van der Waals surface area contributed by atoms with Crippen molar-refractivity contribution in [1.82, 2.24) is 0 Å². The maximum atomic E-state index is 12.5. The molecule has 0 aliphatic carbocycles. The molecule has 1 aromatic rings. The van der Waals surface area contributed by atoms with Crippen LogP contribution in [-0.4, -0.2) is 6.61 Å². The Morgan fingerprint density at radius 1 is 1.58 bits per heavy atom. The topological polar surface area (TPSA) is 9.23 Å². The van der Waals surface area contributed by atoms with Crippen molar-refractivity contribution in [2.24, 2.45) is 0 Å². The van der Waals surface area contributed by atoms with E-state index in [0.717, 1.165) is 6.07 Å². The van der Waals surface area contributed by atoms with Gasteiger partial charge in [-0.3, -0.25) is 0 Å². The van der Waals surface area contributed by atoms with Crippen molar-refractivity contribution >= 4 is 0 Å². The van der Waals surface area contributed by atoms with E-state index in [9.17, 15) is 8.78 Å². The van der Waals surface area contributed by atoms with Crippen molar-refractivity contribution in [3.05, 3.63) is 42.5 Å². The quantitative estimate of drug-likeness (QED) is 0.631. The molecular weight excluding hydrogens is 162 g/mol. The van der Waals surface area contributed by atoms with Crippen LogP contribution >= 0.6 is 0 Å². The second-order valence-electron chi connectivity index (χ2n) is 2.10. The molecule has 0 saturated carbocycles. The highest BCUT2D eigenvalue weighted by Crippen LogP contribution is 2.14. The number of hydrogen-bond donors (Lipinski definition) is 0. The largest absolute Gasteiger partial charge is 0.489 e. The first kappa shape index (κ1) is 8.71. The molecule has 1 aromatic carbocycles. The molecule has 3 heteroatoms. The Kier molecular flexibility index (Phi) is 2.80. The van der Waals surface area contributed by atoms with E-state index in [-0.39, 0.29) is 12.4 Å². The van der Waals surface area contributed by atoms with E-state index in [2.05, 4.69) is 12.6 Å². The lowest BCUT2D eigenvalue weighted by atomic mass is 10.3. The molecular formula is C9H7F2O. The maximum Gasteiger partial charge on any atom is 0.167 e. The summed E-state index contributed by atoms with van der Waals surface area (Å²) in [7, 11) is 0. The second kappa shape index (κ2) is 3.85. The molecule has 0 unspecified atom stereocenters. The summed E-state index contributed by atoms with van der Waals surface area (Å²) in [6.45, 7) is 3.68. The normalized spacial score (nSPS) is 9.50. The van der Waals surface area contributed by atoms with Gasteiger partial charge in [0.1, 0.15) is 12.4 Å². The number of rotatable bonds is 3. The Bertz CT molecular complexity index is 284. The van der Waals surface area contributed by atoms with E-state index in [1.807, 2.05) is 0 Å². The summed E-state index contributed by atoms with van der Waals surface area (Å²) in [5.74, 6) is -1.72. The molecule has 1 rings (SSSR count). The highest BCUT2D eigenvalue weighted by molar-refractivity contribution is 5.22.